The summed E-state index contributed by atoms with van der Waals surface area (Å²) in [5, 5.41) is 0.752. The second kappa shape index (κ2) is 9.67. The molecule has 2 rings (SSSR count). The first-order valence-corrected chi connectivity index (χ1v) is 9.53. The van der Waals surface area contributed by atoms with E-state index in [9.17, 15) is 4.79 Å². The zero-order valence-electron chi connectivity index (χ0n) is 15.5. The first-order chi connectivity index (χ1) is 12.0. The molecule has 0 saturated heterocycles. The number of hydrogen-bond donors (Lipinski definition) is 0. The third-order valence-electron chi connectivity index (χ3n) is 4.20. The molecular formula is C21H29ClN2O. The van der Waals surface area contributed by atoms with Gasteiger partial charge in [-0.1, -0.05) is 50.9 Å². The summed E-state index contributed by atoms with van der Waals surface area (Å²) in [4.78, 5) is 14.6. The van der Waals surface area contributed by atoms with Crippen LogP contribution in [0, 0.1) is 5.92 Å². The number of aromatic nitrogens is 1. The van der Waals surface area contributed by atoms with Gasteiger partial charge in [-0.2, -0.15) is 0 Å². The van der Waals surface area contributed by atoms with Crippen molar-refractivity contribution in [1.29, 1.82) is 0 Å². The molecule has 0 aliphatic carbocycles. The monoisotopic (exact) mass is 360 g/mol. The molecule has 0 saturated carbocycles. The molecule has 1 aromatic heterocycles. The molecule has 136 valence electrons. The smallest absolute Gasteiger partial charge is 0.222 e. The van der Waals surface area contributed by atoms with Gasteiger partial charge in [-0.25, -0.2) is 0 Å². The lowest BCUT2D eigenvalue weighted by molar-refractivity contribution is -0.132. The Bertz CT molecular complexity index is 678. The SMILES string of the molecule is CCCCC(=O)N(Cc1cccn1Cc1cccc(Cl)c1)CC(C)C. The molecule has 0 aliphatic heterocycles. The zero-order chi connectivity index (χ0) is 18.2. The fourth-order valence-corrected chi connectivity index (χ4v) is 3.17. The Kier molecular flexibility index (Phi) is 7.57. The standard InChI is InChI=1S/C21H29ClN2O/c1-4-5-11-21(25)24(14-17(2)3)16-20-10-7-12-23(20)15-18-8-6-9-19(22)13-18/h6-10,12-13,17H,4-5,11,14-16H2,1-3H3. The lowest BCUT2D eigenvalue weighted by Crippen LogP contribution is -2.34. The Balaban J connectivity index is 2.11. The Morgan fingerprint density at radius 2 is 2.04 bits per heavy atom. The summed E-state index contributed by atoms with van der Waals surface area (Å²) in [6.45, 7) is 8.66. The van der Waals surface area contributed by atoms with Crippen molar-refractivity contribution in [2.75, 3.05) is 6.54 Å². The molecule has 2 aromatic rings. The van der Waals surface area contributed by atoms with Gasteiger partial charge < -0.3 is 9.47 Å². The number of hydrogen-bond acceptors (Lipinski definition) is 1. The summed E-state index contributed by atoms with van der Waals surface area (Å²) in [6, 6.07) is 12.1. The van der Waals surface area contributed by atoms with Gasteiger partial charge in [-0.3, -0.25) is 4.79 Å². The first kappa shape index (κ1) is 19.6. The predicted octanol–water partition coefficient (Wildman–Crippen LogP) is 5.36. The Morgan fingerprint density at radius 3 is 2.72 bits per heavy atom. The van der Waals surface area contributed by atoms with Crippen molar-refractivity contribution in [3.63, 3.8) is 0 Å². The highest BCUT2D eigenvalue weighted by molar-refractivity contribution is 6.30. The minimum absolute atomic E-state index is 0.256. The summed E-state index contributed by atoms with van der Waals surface area (Å²) in [6.07, 6.45) is 4.71. The number of carbonyl (C=O) groups excluding carboxylic acids is 1. The molecular weight excluding hydrogens is 332 g/mol. The van der Waals surface area contributed by atoms with E-state index < -0.39 is 0 Å². The van der Waals surface area contributed by atoms with E-state index in [0.717, 1.165) is 42.2 Å². The summed E-state index contributed by atoms with van der Waals surface area (Å²) in [7, 11) is 0. The van der Waals surface area contributed by atoms with E-state index in [1.165, 1.54) is 0 Å². The van der Waals surface area contributed by atoms with Crippen LogP contribution in [0.1, 0.15) is 51.3 Å². The first-order valence-electron chi connectivity index (χ1n) is 9.15. The van der Waals surface area contributed by atoms with Crippen LogP contribution in [0.4, 0.5) is 0 Å². The molecule has 0 aliphatic rings. The van der Waals surface area contributed by atoms with E-state index in [0.29, 0.717) is 18.9 Å². The number of carbonyl (C=O) groups is 1. The number of amides is 1. The van der Waals surface area contributed by atoms with Crippen LogP contribution in [-0.2, 0) is 17.9 Å². The van der Waals surface area contributed by atoms with Gasteiger partial charge in [0, 0.05) is 36.4 Å². The number of benzene rings is 1. The Morgan fingerprint density at radius 1 is 1.24 bits per heavy atom. The molecule has 4 heteroatoms. The summed E-state index contributed by atoms with van der Waals surface area (Å²) >= 11 is 6.09. The van der Waals surface area contributed by atoms with Crippen molar-refractivity contribution in [2.45, 2.75) is 53.1 Å². The lowest BCUT2D eigenvalue weighted by atomic mass is 10.1. The van der Waals surface area contributed by atoms with E-state index in [2.05, 4.69) is 43.7 Å². The average molecular weight is 361 g/mol. The molecule has 0 N–H and O–H groups in total. The maximum atomic E-state index is 12.6. The average Bonchev–Trinajstić information content (AvgIpc) is 2.98. The van der Waals surface area contributed by atoms with Gasteiger partial charge in [0.15, 0.2) is 0 Å². The molecule has 3 nitrogen and oxygen atoms in total. The van der Waals surface area contributed by atoms with Gasteiger partial charge in [0.05, 0.1) is 6.54 Å². The molecule has 0 spiro atoms. The van der Waals surface area contributed by atoms with Crippen molar-refractivity contribution < 1.29 is 4.79 Å². The van der Waals surface area contributed by atoms with E-state index >= 15 is 0 Å². The quantitative estimate of drug-likeness (QED) is 0.590. The molecule has 0 bridgehead atoms. The highest BCUT2D eigenvalue weighted by atomic mass is 35.5. The number of unbranched alkanes of at least 4 members (excludes halogenated alkanes) is 1. The second-order valence-corrected chi connectivity index (χ2v) is 7.47. The van der Waals surface area contributed by atoms with Crippen LogP contribution < -0.4 is 0 Å². The highest BCUT2D eigenvalue weighted by Gasteiger charge is 2.16. The van der Waals surface area contributed by atoms with Crippen LogP contribution in [0.3, 0.4) is 0 Å². The number of rotatable bonds is 9. The van der Waals surface area contributed by atoms with Crippen molar-refractivity contribution in [2.24, 2.45) is 5.92 Å². The fourth-order valence-electron chi connectivity index (χ4n) is 2.96. The maximum absolute atomic E-state index is 12.6. The number of nitrogens with zero attached hydrogens (tertiary/aromatic N) is 2. The van der Waals surface area contributed by atoms with Crippen LogP contribution in [0.25, 0.3) is 0 Å². The van der Waals surface area contributed by atoms with Crippen LogP contribution in [0.5, 0.6) is 0 Å². The number of halogens is 1. The Hall–Kier alpha value is -1.74. The third kappa shape index (κ3) is 6.24. The maximum Gasteiger partial charge on any atom is 0.222 e. The van der Waals surface area contributed by atoms with Crippen LogP contribution >= 0.6 is 11.6 Å². The van der Waals surface area contributed by atoms with Gasteiger partial charge in [0.25, 0.3) is 0 Å². The van der Waals surface area contributed by atoms with Crippen molar-refractivity contribution in [1.82, 2.24) is 9.47 Å². The van der Waals surface area contributed by atoms with Crippen LogP contribution in [0.15, 0.2) is 42.6 Å². The van der Waals surface area contributed by atoms with Crippen LogP contribution in [0.2, 0.25) is 5.02 Å². The molecule has 0 atom stereocenters. The van der Waals surface area contributed by atoms with E-state index in [1.807, 2.05) is 29.2 Å². The van der Waals surface area contributed by atoms with Gasteiger partial charge in [-0.05, 0) is 42.2 Å². The van der Waals surface area contributed by atoms with Crippen molar-refractivity contribution >= 4 is 17.5 Å². The van der Waals surface area contributed by atoms with Gasteiger partial charge in [0.2, 0.25) is 5.91 Å². The zero-order valence-corrected chi connectivity index (χ0v) is 16.3. The van der Waals surface area contributed by atoms with E-state index in [-0.39, 0.29) is 5.91 Å². The lowest BCUT2D eigenvalue weighted by Gasteiger charge is -2.25. The van der Waals surface area contributed by atoms with Gasteiger partial charge in [0.1, 0.15) is 0 Å². The molecule has 1 aromatic carbocycles. The van der Waals surface area contributed by atoms with Crippen molar-refractivity contribution in [3.8, 4) is 0 Å². The minimum atomic E-state index is 0.256. The van der Waals surface area contributed by atoms with E-state index in [1.54, 1.807) is 0 Å². The molecule has 1 amide bonds. The highest BCUT2D eigenvalue weighted by Crippen LogP contribution is 2.16. The normalized spacial score (nSPS) is 11.1. The fraction of sp³-hybridized carbons (Fsp3) is 0.476. The molecule has 0 unspecified atom stereocenters. The molecule has 0 radical (unpaired) electrons. The summed E-state index contributed by atoms with van der Waals surface area (Å²) in [5.41, 5.74) is 2.32. The predicted molar refractivity (Wildman–Crippen MR) is 105 cm³/mol. The molecule has 25 heavy (non-hydrogen) atoms. The molecule has 1 heterocycles. The topological polar surface area (TPSA) is 25.2 Å². The molecule has 0 fully saturated rings. The summed E-state index contributed by atoms with van der Waals surface area (Å²) in [5.74, 6) is 0.716. The summed E-state index contributed by atoms with van der Waals surface area (Å²) < 4.78 is 2.20. The van der Waals surface area contributed by atoms with Gasteiger partial charge >= 0.3 is 0 Å². The van der Waals surface area contributed by atoms with Gasteiger partial charge in [-0.15, -0.1) is 0 Å². The van der Waals surface area contributed by atoms with E-state index in [4.69, 9.17) is 11.6 Å². The third-order valence-corrected chi connectivity index (χ3v) is 4.44. The Labute approximate surface area is 156 Å². The largest absolute Gasteiger partial charge is 0.345 e. The second-order valence-electron chi connectivity index (χ2n) is 7.03. The van der Waals surface area contributed by atoms with Crippen LogP contribution in [-0.4, -0.2) is 21.9 Å². The minimum Gasteiger partial charge on any atom is -0.345 e. The van der Waals surface area contributed by atoms with Crippen molar-refractivity contribution in [3.05, 3.63) is 58.9 Å².